The Hall–Kier alpha value is -1.25. The average Bonchev–Trinajstić information content (AvgIpc) is 2.46. The third-order valence-electron chi connectivity index (χ3n) is 4.37. The normalized spacial score (nSPS) is 12.6. The molecule has 1 aromatic rings. The predicted molar refractivity (Wildman–Crippen MR) is 89.0 cm³/mol. The summed E-state index contributed by atoms with van der Waals surface area (Å²) in [6.45, 7) is 9.04. The van der Waals surface area contributed by atoms with Gasteiger partial charge in [0, 0.05) is 18.2 Å². The maximum atomic E-state index is 12.6. The Bertz CT molecular complexity index is 491. The van der Waals surface area contributed by atoms with Crippen molar-refractivity contribution in [2.45, 2.75) is 79.2 Å². The van der Waals surface area contributed by atoms with Crippen LogP contribution in [0.5, 0.6) is 5.88 Å². The molecular weight excluding hydrogens is 262 g/mol. The van der Waals surface area contributed by atoms with Crippen LogP contribution < -0.4 is 5.56 Å². The smallest absolute Gasteiger partial charge is 0.256 e. The molecule has 1 rings (SSSR count). The van der Waals surface area contributed by atoms with Crippen LogP contribution in [0.25, 0.3) is 0 Å². The van der Waals surface area contributed by atoms with Crippen LogP contribution in [0.4, 0.5) is 0 Å². The number of aromatic nitrogens is 1. The predicted octanol–water partition coefficient (Wildman–Crippen LogP) is 4.42. The van der Waals surface area contributed by atoms with Gasteiger partial charge >= 0.3 is 0 Å². The minimum atomic E-state index is 0.0101. The summed E-state index contributed by atoms with van der Waals surface area (Å²) in [6, 6.07) is 1.75. The number of hydrogen-bond donors (Lipinski definition) is 1. The molecule has 0 aliphatic carbocycles. The molecule has 3 heteroatoms. The van der Waals surface area contributed by atoms with E-state index in [0.29, 0.717) is 12.5 Å². The SMILES string of the molecule is CCCCc1c(C)cc(O)n(CC(CC)CCCC)c1=O. The second-order valence-corrected chi connectivity index (χ2v) is 6.10. The Labute approximate surface area is 129 Å². The highest BCUT2D eigenvalue weighted by molar-refractivity contribution is 5.29. The van der Waals surface area contributed by atoms with Crippen molar-refractivity contribution in [3.8, 4) is 5.88 Å². The zero-order chi connectivity index (χ0) is 15.8. The first-order chi connectivity index (χ1) is 10.0. The lowest BCUT2D eigenvalue weighted by molar-refractivity contribution is 0.338. The van der Waals surface area contributed by atoms with Crippen molar-refractivity contribution in [1.29, 1.82) is 0 Å². The lowest BCUT2D eigenvalue weighted by atomic mass is 9.98. The van der Waals surface area contributed by atoms with E-state index in [0.717, 1.165) is 43.2 Å². The third kappa shape index (κ3) is 4.90. The highest BCUT2D eigenvalue weighted by atomic mass is 16.3. The number of aromatic hydroxyl groups is 1. The molecule has 3 nitrogen and oxygen atoms in total. The van der Waals surface area contributed by atoms with Gasteiger partial charge in [-0.3, -0.25) is 9.36 Å². The van der Waals surface area contributed by atoms with E-state index < -0.39 is 0 Å². The number of hydrogen-bond acceptors (Lipinski definition) is 2. The van der Waals surface area contributed by atoms with Crippen molar-refractivity contribution in [2.75, 3.05) is 0 Å². The molecule has 0 aliphatic heterocycles. The van der Waals surface area contributed by atoms with Crippen molar-refractivity contribution in [2.24, 2.45) is 5.92 Å². The van der Waals surface area contributed by atoms with Gasteiger partial charge in [0.25, 0.3) is 5.56 Å². The van der Waals surface area contributed by atoms with Gasteiger partial charge in [0.2, 0.25) is 0 Å². The maximum Gasteiger partial charge on any atom is 0.256 e. The molecule has 0 bridgehead atoms. The summed E-state index contributed by atoms with van der Waals surface area (Å²) in [7, 11) is 0. The van der Waals surface area contributed by atoms with Crippen LogP contribution in [0.3, 0.4) is 0 Å². The molecule has 0 amide bonds. The summed E-state index contributed by atoms with van der Waals surface area (Å²) in [5.41, 5.74) is 1.81. The Kier molecular flexibility index (Phi) is 7.55. The fraction of sp³-hybridized carbons (Fsp3) is 0.722. The van der Waals surface area contributed by atoms with Gasteiger partial charge in [-0.05, 0) is 37.7 Å². The van der Waals surface area contributed by atoms with E-state index in [1.165, 1.54) is 12.8 Å². The molecule has 1 N–H and O–H groups in total. The van der Waals surface area contributed by atoms with Gasteiger partial charge in [-0.2, -0.15) is 0 Å². The van der Waals surface area contributed by atoms with E-state index in [-0.39, 0.29) is 11.4 Å². The van der Waals surface area contributed by atoms with E-state index >= 15 is 0 Å². The summed E-state index contributed by atoms with van der Waals surface area (Å²) < 4.78 is 1.59. The maximum absolute atomic E-state index is 12.6. The fourth-order valence-corrected chi connectivity index (χ4v) is 2.80. The zero-order valence-electron chi connectivity index (χ0n) is 14.1. The molecule has 120 valence electrons. The summed E-state index contributed by atoms with van der Waals surface area (Å²) >= 11 is 0. The quantitative estimate of drug-likeness (QED) is 0.732. The summed E-state index contributed by atoms with van der Waals surface area (Å²) in [5, 5.41) is 10.2. The van der Waals surface area contributed by atoms with Crippen LogP contribution >= 0.6 is 0 Å². The van der Waals surface area contributed by atoms with Gasteiger partial charge in [0.15, 0.2) is 5.88 Å². The second-order valence-electron chi connectivity index (χ2n) is 6.10. The largest absolute Gasteiger partial charge is 0.494 e. The monoisotopic (exact) mass is 293 g/mol. The van der Waals surface area contributed by atoms with E-state index in [1.54, 1.807) is 10.6 Å². The van der Waals surface area contributed by atoms with Crippen LogP contribution in [0, 0.1) is 12.8 Å². The minimum Gasteiger partial charge on any atom is -0.494 e. The van der Waals surface area contributed by atoms with Crippen LogP contribution in [-0.2, 0) is 13.0 Å². The number of nitrogens with zero attached hydrogens (tertiary/aromatic N) is 1. The highest BCUT2D eigenvalue weighted by Gasteiger charge is 2.15. The molecule has 0 saturated heterocycles. The van der Waals surface area contributed by atoms with Crippen molar-refractivity contribution < 1.29 is 5.11 Å². The van der Waals surface area contributed by atoms with Crippen LogP contribution in [-0.4, -0.2) is 9.67 Å². The number of unbranched alkanes of at least 4 members (excludes halogenated alkanes) is 2. The first-order valence-corrected chi connectivity index (χ1v) is 8.47. The van der Waals surface area contributed by atoms with E-state index in [9.17, 15) is 9.90 Å². The molecule has 1 atom stereocenters. The molecule has 1 heterocycles. The second kappa shape index (κ2) is 8.91. The van der Waals surface area contributed by atoms with Gasteiger partial charge in [-0.15, -0.1) is 0 Å². The van der Waals surface area contributed by atoms with E-state index in [2.05, 4.69) is 20.8 Å². The lowest BCUT2D eigenvalue weighted by Crippen LogP contribution is -2.27. The molecule has 1 unspecified atom stereocenters. The van der Waals surface area contributed by atoms with Crippen molar-refractivity contribution in [3.63, 3.8) is 0 Å². The molecule has 0 fully saturated rings. The molecule has 0 radical (unpaired) electrons. The molecule has 0 aromatic carbocycles. The minimum absolute atomic E-state index is 0.0101. The Balaban J connectivity index is 3.02. The first kappa shape index (κ1) is 17.8. The van der Waals surface area contributed by atoms with Crippen LogP contribution in [0.15, 0.2) is 10.9 Å². The summed E-state index contributed by atoms with van der Waals surface area (Å²) in [4.78, 5) is 12.6. The summed E-state index contributed by atoms with van der Waals surface area (Å²) in [5.74, 6) is 0.586. The van der Waals surface area contributed by atoms with Crippen molar-refractivity contribution in [3.05, 3.63) is 27.5 Å². The Morgan fingerprint density at radius 2 is 1.86 bits per heavy atom. The van der Waals surface area contributed by atoms with Gasteiger partial charge in [-0.1, -0.05) is 46.5 Å². The van der Waals surface area contributed by atoms with Gasteiger partial charge in [0.1, 0.15) is 0 Å². The lowest BCUT2D eigenvalue weighted by Gasteiger charge is -2.19. The standard InChI is InChI=1S/C18H31NO2/c1-5-8-10-15(7-3)13-19-17(20)12-14(4)16(18(19)21)11-9-6-2/h12,15,20H,5-11,13H2,1-4H3. The third-order valence-corrected chi connectivity index (χ3v) is 4.37. The number of pyridine rings is 1. The Morgan fingerprint density at radius 1 is 1.19 bits per heavy atom. The summed E-state index contributed by atoms with van der Waals surface area (Å²) in [6.07, 6.45) is 7.44. The highest BCUT2D eigenvalue weighted by Crippen LogP contribution is 2.19. The molecule has 0 saturated carbocycles. The molecular formula is C18H31NO2. The van der Waals surface area contributed by atoms with Gasteiger partial charge in [0.05, 0.1) is 0 Å². The van der Waals surface area contributed by atoms with Gasteiger partial charge in [-0.25, -0.2) is 0 Å². The fourth-order valence-electron chi connectivity index (χ4n) is 2.80. The molecule has 0 spiro atoms. The topological polar surface area (TPSA) is 42.2 Å². The Morgan fingerprint density at radius 3 is 2.43 bits per heavy atom. The average molecular weight is 293 g/mol. The number of rotatable bonds is 9. The molecule has 0 aliphatic rings. The van der Waals surface area contributed by atoms with Crippen LogP contribution in [0.1, 0.15) is 70.4 Å². The molecule has 21 heavy (non-hydrogen) atoms. The van der Waals surface area contributed by atoms with Crippen molar-refractivity contribution >= 4 is 0 Å². The van der Waals surface area contributed by atoms with Gasteiger partial charge < -0.3 is 5.11 Å². The van der Waals surface area contributed by atoms with Crippen molar-refractivity contribution in [1.82, 2.24) is 4.57 Å². The molecule has 1 aromatic heterocycles. The first-order valence-electron chi connectivity index (χ1n) is 8.47. The van der Waals surface area contributed by atoms with Crippen LogP contribution in [0.2, 0.25) is 0 Å². The van der Waals surface area contributed by atoms with E-state index in [4.69, 9.17) is 0 Å². The van der Waals surface area contributed by atoms with E-state index in [1.807, 2.05) is 6.92 Å². The zero-order valence-corrected chi connectivity index (χ0v) is 14.1. The number of aryl methyl sites for hydroxylation is 1.